The molecule has 0 unspecified atom stereocenters. The highest BCUT2D eigenvalue weighted by molar-refractivity contribution is 5.20. The Morgan fingerprint density at radius 1 is 1.00 bits per heavy atom. The predicted molar refractivity (Wildman–Crippen MR) is 63.7 cm³/mol. The molecule has 4 radical (unpaired) electrons. The van der Waals surface area contributed by atoms with Gasteiger partial charge in [-0.3, -0.25) is 0 Å². The molecule has 0 nitrogen and oxygen atoms in total. The molecule has 0 amide bonds. The third-order valence-electron chi connectivity index (χ3n) is 3.71. The van der Waals surface area contributed by atoms with Gasteiger partial charge in [0.25, 0.3) is 0 Å². The molecule has 14 heavy (non-hydrogen) atoms. The van der Waals surface area contributed by atoms with Crippen LogP contribution >= 0.6 is 0 Å². The molecule has 0 fully saturated rings. The van der Waals surface area contributed by atoms with Gasteiger partial charge in [0.1, 0.15) is 0 Å². The topological polar surface area (TPSA) is 0 Å². The van der Waals surface area contributed by atoms with Crippen LogP contribution in [0.2, 0.25) is 0 Å². The van der Waals surface area contributed by atoms with Crippen molar-refractivity contribution in [2.24, 2.45) is 16.2 Å². The van der Waals surface area contributed by atoms with Gasteiger partial charge < -0.3 is 0 Å². The molecule has 0 atom stereocenters. The van der Waals surface area contributed by atoms with Gasteiger partial charge in [0.05, 0.1) is 0 Å². The Kier molecular flexibility index (Phi) is 3.65. The number of hydrogen-bond acceptors (Lipinski definition) is 0. The van der Waals surface area contributed by atoms with E-state index in [0.29, 0.717) is 0 Å². The number of hydrogen-bond donors (Lipinski definition) is 0. The van der Waals surface area contributed by atoms with Crippen molar-refractivity contribution in [3.05, 3.63) is 26.0 Å². The van der Waals surface area contributed by atoms with E-state index < -0.39 is 0 Å². The molecule has 0 aromatic heterocycles. The minimum absolute atomic E-state index is 0.255. The van der Waals surface area contributed by atoms with E-state index in [4.69, 9.17) is 13.8 Å². The second kappa shape index (κ2) is 3.72. The summed E-state index contributed by atoms with van der Waals surface area (Å²) in [5.41, 5.74) is 0.142. The van der Waals surface area contributed by atoms with E-state index in [9.17, 15) is 0 Å². The minimum Gasteiger partial charge on any atom is -0.0993 e. The molecule has 0 aromatic carbocycles. The molecule has 80 valence electrons. The summed E-state index contributed by atoms with van der Waals surface area (Å²) in [6.45, 7) is 28.9. The summed E-state index contributed by atoms with van der Waals surface area (Å²) in [5, 5.41) is 0. The van der Waals surface area contributed by atoms with Crippen LogP contribution in [0.1, 0.15) is 48.0 Å². The fourth-order valence-corrected chi connectivity index (χ4v) is 2.10. The zero-order chi connectivity index (χ0) is 11.8. The molecular weight excluding hydrogens is 168 g/mol. The maximum absolute atomic E-state index is 6.24. The number of allylic oxidation sites excluding steroid dienone is 1. The van der Waals surface area contributed by atoms with Crippen molar-refractivity contribution in [2.45, 2.75) is 48.0 Å². The highest BCUT2D eigenvalue weighted by atomic mass is 14.5. The Bertz CT molecular complexity index is 193. The van der Waals surface area contributed by atoms with Crippen LogP contribution in [-0.2, 0) is 0 Å². The Hall–Kier alpha value is -0.260. The standard InChI is InChI=1S/C14H24/c1-10-11(2)14(9,12(3,4)5)13(6,7)8/h3,6H,2,10H2,1,4-5,7-9H3. The van der Waals surface area contributed by atoms with E-state index in [1.807, 2.05) is 27.7 Å². The summed E-state index contributed by atoms with van der Waals surface area (Å²) in [6, 6.07) is 0. The molecule has 0 heterocycles. The van der Waals surface area contributed by atoms with Crippen molar-refractivity contribution in [1.29, 1.82) is 0 Å². The van der Waals surface area contributed by atoms with E-state index in [2.05, 4.69) is 20.4 Å². The zero-order valence-electron chi connectivity index (χ0n) is 10.6. The van der Waals surface area contributed by atoms with Crippen LogP contribution in [0.15, 0.2) is 12.2 Å². The third-order valence-corrected chi connectivity index (χ3v) is 3.71. The first-order chi connectivity index (χ1) is 5.98. The van der Waals surface area contributed by atoms with Gasteiger partial charge in [0.2, 0.25) is 0 Å². The molecule has 0 aliphatic carbocycles. The van der Waals surface area contributed by atoms with E-state index in [-0.39, 0.29) is 16.2 Å². The maximum atomic E-state index is 6.24. The quantitative estimate of drug-likeness (QED) is 0.578. The highest BCUT2D eigenvalue weighted by Crippen LogP contribution is 2.55. The van der Waals surface area contributed by atoms with Gasteiger partial charge in [-0.1, -0.05) is 53.7 Å². The van der Waals surface area contributed by atoms with E-state index in [0.717, 1.165) is 12.0 Å². The van der Waals surface area contributed by atoms with Crippen molar-refractivity contribution in [2.75, 3.05) is 0 Å². The van der Waals surface area contributed by atoms with Gasteiger partial charge in [-0.25, -0.2) is 0 Å². The lowest BCUT2D eigenvalue weighted by atomic mass is 9.52. The van der Waals surface area contributed by atoms with Gasteiger partial charge >= 0.3 is 0 Å². The average Bonchev–Trinajstić information content (AvgIpc) is 1.97. The van der Waals surface area contributed by atoms with Gasteiger partial charge in [-0.2, -0.15) is 0 Å². The van der Waals surface area contributed by atoms with Gasteiger partial charge in [0.15, 0.2) is 0 Å². The lowest BCUT2D eigenvalue weighted by Gasteiger charge is -2.52. The molecule has 0 bridgehead atoms. The van der Waals surface area contributed by atoms with Crippen LogP contribution in [0.25, 0.3) is 0 Å². The number of rotatable bonds is 4. The molecule has 0 spiro atoms. The smallest absolute Gasteiger partial charge is 0.00113 e. The van der Waals surface area contributed by atoms with Crippen LogP contribution in [0, 0.1) is 30.1 Å². The SMILES string of the molecule is [CH]C(C)(C)C(C)(C(=C)CC)C([CH])(C)C. The Morgan fingerprint density at radius 3 is 1.36 bits per heavy atom. The molecule has 0 saturated heterocycles. The summed E-state index contributed by atoms with van der Waals surface area (Å²) in [5.74, 6) is 0. The van der Waals surface area contributed by atoms with Crippen molar-refractivity contribution < 1.29 is 0 Å². The molecule has 0 aliphatic rings. The van der Waals surface area contributed by atoms with Crippen molar-refractivity contribution in [1.82, 2.24) is 0 Å². The molecule has 0 aliphatic heterocycles. The zero-order valence-corrected chi connectivity index (χ0v) is 10.6. The van der Waals surface area contributed by atoms with Gasteiger partial charge in [-0.05, 0) is 36.5 Å². The summed E-state index contributed by atoms with van der Waals surface area (Å²) in [7, 11) is 0. The van der Waals surface area contributed by atoms with Crippen LogP contribution in [0.5, 0.6) is 0 Å². The highest BCUT2D eigenvalue weighted by Gasteiger charge is 2.48. The van der Waals surface area contributed by atoms with Crippen molar-refractivity contribution >= 4 is 0 Å². The van der Waals surface area contributed by atoms with E-state index in [1.165, 1.54) is 0 Å². The second-order valence-corrected chi connectivity index (χ2v) is 5.53. The molecular formula is C14H24. The van der Waals surface area contributed by atoms with Gasteiger partial charge in [-0.15, -0.1) is 0 Å². The molecule has 0 aromatic rings. The summed E-state index contributed by atoms with van der Waals surface area (Å²) >= 11 is 0. The van der Waals surface area contributed by atoms with Gasteiger partial charge in [0, 0.05) is 0 Å². The van der Waals surface area contributed by atoms with E-state index >= 15 is 0 Å². The first-order valence-electron chi connectivity index (χ1n) is 5.24. The van der Waals surface area contributed by atoms with Crippen LogP contribution in [-0.4, -0.2) is 0 Å². The van der Waals surface area contributed by atoms with Crippen LogP contribution in [0.4, 0.5) is 0 Å². The second-order valence-electron chi connectivity index (χ2n) is 5.53. The molecule has 0 N–H and O–H groups in total. The summed E-state index contributed by atoms with van der Waals surface area (Å²) in [6.07, 6.45) is 0.914. The van der Waals surface area contributed by atoms with Crippen LogP contribution < -0.4 is 0 Å². The monoisotopic (exact) mass is 192 g/mol. The Labute approximate surface area is 90.8 Å². The van der Waals surface area contributed by atoms with Crippen LogP contribution in [0.3, 0.4) is 0 Å². The fourth-order valence-electron chi connectivity index (χ4n) is 2.10. The molecule has 0 rings (SSSR count). The van der Waals surface area contributed by atoms with Crippen molar-refractivity contribution in [3.63, 3.8) is 0 Å². The van der Waals surface area contributed by atoms with Crippen molar-refractivity contribution in [3.8, 4) is 0 Å². The fraction of sp³-hybridized carbons (Fsp3) is 0.714. The maximum Gasteiger partial charge on any atom is -0.00113 e. The molecule has 0 heteroatoms. The van der Waals surface area contributed by atoms with E-state index in [1.54, 1.807) is 0 Å². The summed E-state index contributed by atoms with van der Waals surface area (Å²) < 4.78 is 0. The third kappa shape index (κ3) is 2.04. The molecule has 0 saturated carbocycles. The summed E-state index contributed by atoms with van der Waals surface area (Å²) in [4.78, 5) is 0. The minimum atomic E-state index is -0.363. The normalized spacial score (nSPS) is 14.3. The Balaban J connectivity index is 5.40. The first kappa shape index (κ1) is 13.7. The average molecular weight is 192 g/mol. The first-order valence-corrected chi connectivity index (χ1v) is 5.24. The lowest BCUT2D eigenvalue weighted by molar-refractivity contribution is 0.0603. The lowest BCUT2D eigenvalue weighted by Crippen LogP contribution is -2.45. The Morgan fingerprint density at radius 2 is 1.29 bits per heavy atom. The predicted octanol–water partition coefficient (Wildman–Crippen LogP) is 4.43. The largest absolute Gasteiger partial charge is 0.0993 e.